The van der Waals surface area contributed by atoms with Crippen molar-refractivity contribution >= 4 is 22.5 Å². The van der Waals surface area contributed by atoms with E-state index in [1.807, 2.05) is 4.90 Å². The molecule has 10 nitrogen and oxygen atoms in total. The number of halogens is 9. The lowest BCUT2D eigenvalue weighted by Gasteiger charge is -2.43. The van der Waals surface area contributed by atoms with Gasteiger partial charge in [-0.1, -0.05) is 0 Å². The quantitative estimate of drug-likeness (QED) is 0.338. The molecule has 5 fully saturated rings. The Morgan fingerprint density at radius 3 is 2.55 bits per heavy atom. The fourth-order valence-corrected chi connectivity index (χ4v) is 9.42. The number of alkyl halides is 8. The van der Waals surface area contributed by atoms with E-state index in [9.17, 15) is 35.1 Å². The molecular formula is C32H31F9N8O2. The number of fused-ring (bicyclic) bond motifs is 6. The minimum absolute atomic E-state index is 0.0130. The average Bonchev–Trinajstić information content (AvgIpc) is 3.33. The summed E-state index contributed by atoms with van der Waals surface area (Å²) in [5, 5.41) is 2.81. The van der Waals surface area contributed by atoms with Crippen molar-refractivity contribution in [2.75, 3.05) is 36.9 Å². The summed E-state index contributed by atoms with van der Waals surface area (Å²) >= 11 is 0. The van der Waals surface area contributed by atoms with E-state index >= 15 is 4.39 Å². The lowest BCUT2D eigenvalue weighted by Crippen LogP contribution is -2.66. The largest absolute Gasteiger partial charge is 0.462 e. The molecule has 2 bridgehead atoms. The highest BCUT2D eigenvalue weighted by Crippen LogP contribution is 2.69. The number of piperazine rings is 1. The maximum absolute atomic E-state index is 16.9. The molecule has 0 radical (unpaired) electrons. The zero-order valence-electron chi connectivity index (χ0n) is 26.9. The molecular weight excluding hydrogens is 699 g/mol. The van der Waals surface area contributed by atoms with Gasteiger partial charge in [-0.2, -0.15) is 36.3 Å². The standard InChI is InChI=1S/C32H31F9N8O2/c1-13-19(31(36,37)38)15(7-17(42)43-13)21-20(33)22-18-25(49-8-14-3-4-16(44-14)23(49)24(32(39,40)41)51-26(18)45-21)47-27(46-22)50-12-29-5-2-6-48(29)11-28(9-29)10-30(28,34)35/h7,14,16,23-24,44H,2-6,8-12H2,1H3,(H2,42,43)/t14-,16+,23+,24-,28?,29+/m1/s1. The summed E-state index contributed by atoms with van der Waals surface area (Å²) in [5.41, 5.74) is -0.756. The van der Waals surface area contributed by atoms with Crippen molar-refractivity contribution in [2.24, 2.45) is 5.41 Å². The van der Waals surface area contributed by atoms with Gasteiger partial charge in [0.15, 0.2) is 5.82 Å². The zero-order chi connectivity index (χ0) is 36.0. The first-order valence-corrected chi connectivity index (χ1v) is 16.7. The topological polar surface area (TPSA) is 115 Å². The third-order valence-electron chi connectivity index (χ3n) is 11.7. The minimum atomic E-state index is -5.09. The van der Waals surface area contributed by atoms with Crippen molar-refractivity contribution in [3.63, 3.8) is 0 Å². The van der Waals surface area contributed by atoms with Gasteiger partial charge in [0.1, 0.15) is 34.8 Å². The van der Waals surface area contributed by atoms with Gasteiger partial charge in [-0.3, -0.25) is 4.90 Å². The van der Waals surface area contributed by atoms with Crippen LogP contribution in [0.2, 0.25) is 0 Å². The van der Waals surface area contributed by atoms with Gasteiger partial charge in [0.25, 0.3) is 5.92 Å². The molecule has 5 aliphatic heterocycles. The SMILES string of the molecule is Cc1nc(N)cc(-c2nc3c4c(nc(OC[C@@]56CCCN5CC5(CC5(F)F)C6)nc4c2F)N2C[C@H]4CC[C@H](N4)[C@H]2[C@H](C(F)(F)F)O3)c1C(F)(F)F. The Hall–Kier alpha value is -3.87. The number of nitrogens with two attached hydrogens (primary N) is 1. The lowest BCUT2D eigenvalue weighted by atomic mass is 9.89. The van der Waals surface area contributed by atoms with Crippen LogP contribution in [-0.2, 0) is 6.18 Å². The average molecular weight is 731 g/mol. The molecule has 1 aliphatic carbocycles. The molecule has 51 heavy (non-hydrogen) atoms. The smallest absolute Gasteiger partial charge is 0.427 e. The number of anilines is 2. The second-order valence-electron chi connectivity index (χ2n) is 14.8. The van der Waals surface area contributed by atoms with Gasteiger partial charge in [0, 0.05) is 37.2 Å². The molecule has 6 aliphatic rings. The minimum Gasteiger partial charge on any atom is -0.462 e. The van der Waals surface area contributed by atoms with Crippen molar-refractivity contribution in [1.29, 1.82) is 0 Å². The highest BCUT2D eigenvalue weighted by Gasteiger charge is 2.77. The number of ether oxygens (including phenoxy) is 2. The Bertz CT molecular complexity index is 1980. The number of aryl methyl sites for hydroxylation is 1. The molecule has 274 valence electrons. The predicted molar refractivity (Wildman–Crippen MR) is 162 cm³/mol. The molecule has 3 N–H and O–H groups in total. The van der Waals surface area contributed by atoms with Crippen LogP contribution in [0.4, 0.5) is 51.1 Å². The molecule has 1 unspecified atom stereocenters. The maximum atomic E-state index is 16.9. The highest BCUT2D eigenvalue weighted by molar-refractivity contribution is 5.97. The summed E-state index contributed by atoms with van der Waals surface area (Å²) in [6, 6.07) is -2.13. The van der Waals surface area contributed by atoms with E-state index in [1.165, 1.54) is 4.90 Å². The van der Waals surface area contributed by atoms with Crippen LogP contribution in [0, 0.1) is 18.2 Å². The summed E-state index contributed by atoms with van der Waals surface area (Å²) in [5.74, 6) is -5.63. The van der Waals surface area contributed by atoms with Crippen molar-refractivity contribution in [2.45, 2.75) is 93.5 Å². The first-order chi connectivity index (χ1) is 23.9. The number of nitrogen functional groups attached to an aromatic ring is 1. The Morgan fingerprint density at radius 1 is 1.08 bits per heavy atom. The summed E-state index contributed by atoms with van der Waals surface area (Å²) in [6.07, 6.45) is -10.6. The maximum Gasteiger partial charge on any atom is 0.427 e. The van der Waals surface area contributed by atoms with Crippen molar-refractivity contribution in [1.82, 2.24) is 30.2 Å². The monoisotopic (exact) mass is 730 g/mol. The first kappa shape index (κ1) is 33.0. The molecule has 9 rings (SSSR count). The number of aromatic nitrogens is 4. The summed E-state index contributed by atoms with van der Waals surface area (Å²) < 4.78 is 145. The Morgan fingerprint density at radius 2 is 1.84 bits per heavy atom. The van der Waals surface area contributed by atoms with Crippen LogP contribution in [0.1, 0.15) is 49.8 Å². The van der Waals surface area contributed by atoms with E-state index in [0.29, 0.717) is 25.8 Å². The second-order valence-corrected chi connectivity index (χ2v) is 14.8. The zero-order valence-corrected chi connectivity index (χ0v) is 26.9. The molecule has 3 aromatic rings. The fraction of sp³-hybridized carbons (Fsp3) is 0.625. The Balaban J connectivity index is 1.23. The molecule has 1 spiro atoms. The first-order valence-electron chi connectivity index (χ1n) is 16.7. The fourth-order valence-electron chi connectivity index (χ4n) is 9.42. The highest BCUT2D eigenvalue weighted by atomic mass is 19.4. The van der Waals surface area contributed by atoms with Crippen LogP contribution < -0.4 is 25.4 Å². The van der Waals surface area contributed by atoms with Crippen molar-refractivity contribution < 1.29 is 49.0 Å². The molecule has 3 aromatic heterocycles. The molecule has 8 heterocycles. The van der Waals surface area contributed by atoms with Crippen LogP contribution in [0.25, 0.3) is 22.2 Å². The normalized spacial score (nSPS) is 32.2. The molecule has 4 saturated heterocycles. The number of hydrogen-bond donors (Lipinski definition) is 2. The molecule has 0 aromatic carbocycles. The number of hydrogen-bond acceptors (Lipinski definition) is 10. The summed E-state index contributed by atoms with van der Waals surface area (Å²) in [4.78, 5) is 19.7. The Labute approximate surface area is 283 Å². The summed E-state index contributed by atoms with van der Waals surface area (Å²) in [7, 11) is 0. The van der Waals surface area contributed by atoms with Crippen LogP contribution in [-0.4, -0.2) is 92.9 Å². The van der Waals surface area contributed by atoms with Gasteiger partial charge in [0.05, 0.1) is 28.3 Å². The third kappa shape index (κ3) is 4.85. The van der Waals surface area contributed by atoms with Gasteiger partial charge < -0.3 is 25.4 Å². The van der Waals surface area contributed by atoms with Crippen LogP contribution in [0.3, 0.4) is 0 Å². The van der Waals surface area contributed by atoms with Gasteiger partial charge in [0.2, 0.25) is 12.0 Å². The van der Waals surface area contributed by atoms with Crippen molar-refractivity contribution in [3.8, 4) is 23.1 Å². The van der Waals surface area contributed by atoms with E-state index in [0.717, 1.165) is 19.4 Å². The second kappa shape index (κ2) is 10.4. The van der Waals surface area contributed by atoms with E-state index in [4.69, 9.17) is 15.2 Å². The molecule has 1 saturated carbocycles. The van der Waals surface area contributed by atoms with Crippen LogP contribution in [0.5, 0.6) is 11.9 Å². The third-order valence-corrected chi connectivity index (χ3v) is 11.7. The van der Waals surface area contributed by atoms with E-state index < -0.39 is 99.0 Å². The number of nitrogens with one attached hydrogen (secondary N) is 1. The lowest BCUT2D eigenvalue weighted by molar-refractivity contribution is -0.203. The number of rotatable bonds is 4. The Kier molecular flexibility index (Phi) is 6.72. The van der Waals surface area contributed by atoms with Gasteiger partial charge >= 0.3 is 18.4 Å². The molecule has 0 amide bonds. The van der Waals surface area contributed by atoms with Gasteiger partial charge in [-0.05, 0) is 51.6 Å². The summed E-state index contributed by atoms with van der Waals surface area (Å²) in [6.45, 7) is 1.60. The molecule has 6 atom stereocenters. The van der Waals surface area contributed by atoms with E-state index in [2.05, 4.69) is 25.3 Å². The number of nitrogens with zero attached hydrogens (tertiary/aromatic N) is 6. The van der Waals surface area contributed by atoms with Gasteiger partial charge in [-0.25, -0.2) is 23.1 Å². The van der Waals surface area contributed by atoms with Crippen LogP contribution in [0.15, 0.2) is 6.07 Å². The van der Waals surface area contributed by atoms with Crippen LogP contribution >= 0.6 is 0 Å². The predicted octanol–water partition coefficient (Wildman–Crippen LogP) is 5.41. The van der Waals surface area contributed by atoms with E-state index in [-0.39, 0.29) is 49.8 Å². The van der Waals surface area contributed by atoms with E-state index in [1.54, 1.807) is 0 Å². The number of pyridine rings is 2. The van der Waals surface area contributed by atoms with Crippen molar-refractivity contribution in [3.05, 3.63) is 23.1 Å². The van der Waals surface area contributed by atoms with Gasteiger partial charge in [-0.15, -0.1) is 0 Å². The molecule has 19 heteroatoms.